The highest BCUT2D eigenvalue weighted by Crippen LogP contribution is 2.41. The molecule has 2 N–H and O–H groups in total. The molecule has 0 aliphatic rings. The molecule has 0 aromatic heterocycles. The Morgan fingerprint density at radius 1 is 0.725 bits per heavy atom. The minimum absolute atomic E-state index is 0.139. The number of benzene rings is 1. The van der Waals surface area contributed by atoms with Crippen molar-refractivity contribution in [1.29, 1.82) is 0 Å². The van der Waals surface area contributed by atoms with Gasteiger partial charge in [-0.2, -0.15) is 8.42 Å². The highest BCUT2D eigenvalue weighted by atomic mass is 32.2. The van der Waals surface area contributed by atoms with E-state index in [1.807, 2.05) is 0 Å². The third kappa shape index (κ3) is 14.1. The number of unbranched alkanes of at least 4 members (excludes halogenated alkanes) is 11. The first-order chi connectivity index (χ1) is 19.1. The lowest BCUT2D eigenvalue weighted by Gasteiger charge is -2.35. The number of hydrogen-bond donors (Lipinski definition) is 2. The van der Waals surface area contributed by atoms with Gasteiger partial charge >= 0.3 is 11.9 Å². The van der Waals surface area contributed by atoms with Crippen LogP contribution in [0.15, 0.2) is 23.1 Å². The van der Waals surface area contributed by atoms with Crippen LogP contribution in [-0.4, -0.2) is 36.6 Å². The van der Waals surface area contributed by atoms with Gasteiger partial charge in [0.05, 0.1) is 17.7 Å². The number of rotatable bonds is 24. The normalized spacial score (nSPS) is 12.0. The molecular formula is C32H54O7S. The van der Waals surface area contributed by atoms with Crippen LogP contribution in [0, 0.1) is 5.41 Å². The summed E-state index contributed by atoms with van der Waals surface area (Å²) in [5.74, 6) is -2.26. The summed E-state index contributed by atoms with van der Waals surface area (Å²) < 4.78 is 37.8. The molecule has 0 saturated heterocycles. The van der Waals surface area contributed by atoms with Gasteiger partial charge in [-0.15, -0.1) is 0 Å². The lowest BCUT2D eigenvalue weighted by molar-refractivity contribution is 0.0491. The van der Waals surface area contributed by atoms with Gasteiger partial charge in [0.2, 0.25) is 0 Å². The quantitative estimate of drug-likeness (QED) is 0.0708. The van der Waals surface area contributed by atoms with Gasteiger partial charge in [-0.25, -0.2) is 9.59 Å². The van der Waals surface area contributed by atoms with Crippen LogP contribution >= 0.6 is 0 Å². The van der Waals surface area contributed by atoms with E-state index in [2.05, 4.69) is 20.8 Å². The molecule has 0 aliphatic carbocycles. The standard InChI is InChI=1S/C32H54O7S/c1-4-7-21-32(22-8-5-2,23-9-6-3)24-17-15-13-11-10-12-14-16-18-25-39-31(35)28-20-19-27(30(33)34)26-29(28)40(36,37)38/h19-20,26H,4-18,21-25H2,1-3H3,(H,33,34)(H,36,37,38). The third-order valence-electron chi connectivity index (χ3n) is 7.99. The smallest absolute Gasteiger partial charge is 0.339 e. The number of ether oxygens (including phenoxy) is 1. The first-order valence-corrected chi connectivity index (χ1v) is 17.1. The first kappa shape index (κ1) is 36.1. The van der Waals surface area contributed by atoms with Crippen molar-refractivity contribution in [2.24, 2.45) is 5.41 Å². The minimum atomic E-state index is -4.77. The van der Waals surface area contributed by atoms with Crippen LogP contribution in [0.25, 0.3) is 0 Å². The first-order valence-electron chi connectivity index (χ1n) is 15.6. The van der Waals surface area contributed by atoms with Crippen molar-refractivity contribution in [3.05, 3.63) is 29.3 Å². The Labute approximate surface area is 243 Å². The van der Waals surface area contributed by atoms with E-state index in [0.717, 1.165) is 37.5 Å². The molecule has 1 aromatic rings. The van der Waals surface area contributed by atoms with Crippen LogP contribution in [0.1, 0.15) is 163 Å². The number of hydrogen-bond acceptors (Lipinski definition) is 5. The van der Waals surface area contributed by atoms with Gasteiger partial charge in [0.25, 0.3) is 10.1 Å². The third-order valence-corrected chi connectivity index (χ3v) is 8.89. The van der Waals surface area contributed by atoms with Crippen molar-refractivity contribution in [2.45, 2.75) is 148 Å². The van der Waals surface area contributed by atoms with Gasteiger partial charge in [-0.1, -0.05) is 111 Å². The summed E-state index contributed by atoms with van der Waals surface area (Å²) in [7, 11) is -4.77. The summed E-state index contributed by atoms with van der Waals surface area (Å²) in [5, 5.41) is 9.03. The molecule has 0 aliphatic heterocycles. The zero-order valence-corrected chi connectivity index (χ0v) is 26.0. The molecular weight excluding hydrogens is 528 g/mol. The second-order valence-electron chi connectivity index (χ2n) is 11.4. The van der Waals surface area contributed by atoms with E-state index in [-0.39, 0.29) is 17.7 Å². The lowest BCUT2D eigenvalue weighted by Crippen LogP contribution is -2.21. The van der Waals surface area contributed by atoms with Crippen molar-refractivity contribution in [3.8, 4) is 0 Å². The molecule has 0 fully saturated rings. The molecule has 0 saturated carbocycles. The topological polar surface area (TPSA) is 118 Å². The fourth-order valence-electron chi connectivity index (χ4n) is 5.52. The Morgan fingerprint density at radius 2 is 1.18 bits per heavy atom. The highest BCUT2D eigenvalue weighted by molar-refractivity contribution is 7.86. The van der Waals surface area contributed by atoms with Gasteiger partial charge in [-0.05, 0) is 55.7 Å². The van der Waals surface area contributed by atoms with Gasteiger partial charge in [-0.3, -0.25) is 4.55 Å². The van der Waals surface area contributed by atoms with Crippen molar-refractivity contribution < 1.29 is 32.4 Å². The Balaban J connectivity index is 2.28. The minimum Gasteiger partial charge on any atom is -0.478 e. The fraction of sp³-hybridized carbons (Fsp3) is 0.750. The molecule has 40 heavy (non-hydrogen) atoms. The number of carbonyl (C=O) groups excluding carboxylic acids is 1. The zero-order chi connectivity index (χ0) is 29.9. The summed E-state index contributed by atoms with van der Waals surface area (Å²) in [5.41, 5.74) is -0.143. The van der Waals surface area contributed by atoms with Crippen LogP contribution in [0.2, 0.25) is 0 Å². The predicted octanol–water partition coefficient (Wildman–Crippen LogP) is 9.25. The molecule has 8 heteroatoms. The van der Waals surface area contributed by atoms with Gasteiger partial charge in [0.1, 0.15) is 4.90 Å². The molecule has 1 rings (SSSR count). The Bertz CT molecular complexity index is 950. The summed E-state index contributed by atoms with van der Waals surface area (Å²) >= 11 is 0. The molecule has 0 heterocycles. The van der Waals surface area contributed by atoms with E-state index in [1.165, 1.54) is 96.3 Å². The van der Waals surface area contributed by atoms with E-state index in [0.29, 0.717) is 11.8 Å². The second kappa shape index (κ2) is 20.0. The van der Waals surface area contributed by atoms with Crippen LogP contribution in [0.5, 0.6) is 0 Å². The van der Waals surface area contributed by atoms with Crippen molar-refractivity contribution in [1.82, 2.24) is 0 Å². The van der Waals surface area contributed by atoms with Crippen molar-refractivity contribution in [2.75, 3.05) is 6.61 Å². The lowest BCUT2D eigenvalue weighted by atomic mass is 9.71. The fourth-order valence-corrected chi connectivity index (χ4v) is 6.23. The van der Waals surface area contributed by atoms with Crippen LogP contribution in [0.4, 0.5) is 0 Å². The molecule has 230 valence electrons. The molecule has 0 spiro atoms. The van der Waals surface area contributed by atoms with Crippen LogP contribution in [0.3, 0.4) is 0 Å². The summed E-state index contributed by atoms with van der Waals surface area (Å²) in [6.45, 7) is 7.07. The monoisotopic (exact) mass is 582 g/mol. The number of esters is 1. The van der Waals surface area contributed by atoms with Crippen molar-refractivity contribution >= 4 is 22.1 Å². The predicted molar refractivity (Wildman–Crippen MR) is 161 cm³/mol. The second-order valence-corrected chi connectivity index (χ2v) is 12.8. The largest absolute Gasteiger partial charge is 0.478 e. The van der Waals surface area contributed by atoms with Gasteiger partial charge in [0, 0.05) is 0 Å². The average Bonchev–Trinajstić information content (AvgIpc) is 2.93. The average molecular weight is 583 g/mol. The van der Waals surface area contributed by atoms with Gasteiger partial charge in [0.15, 0.2) is 0 Å². The molecule has 1 aromatic carbocycles. The molecule has 0 radical (unpaired) electrons. The molecule has 0 amide bonds. The Hall–Kier alpha value is -1.93. The number of aromatic carboxylic acids is 1. The van der Waals surface area contributed by atoms with Gasteiger partial charge < -0.3 is 9.84 Å². The highest BCUT2D eigenvalue weighted by Gasteiger charge is 2.27. The maximum Gasteiger partial charge on any atom is 0.339 e. The van der Waals surface area contributed by atoms with E-state index in [4.69, 9.17) is 9.84 Å². The van der Waals surface area contributed by atoms with E-state index < -0.39 is 27.0 Å². The number of carbonyl (C=O) groups is 2. The van der Waals surface area contributed by atoms with E-state index in [9.17, 15) is 22.6 Å². The Kier molecular flexibility index (Phi) is 18.1. The molecule has 0 unspecified atom stereocenters. The van der Waals surface area contributed by atoms with Crippen LogP contribution < -0.4 is 0 Å². The van der Waals surface area contributed by atoms with E-state index in [1.54, 1.807) is 0 Å². The molecule has 0 atom stereocenters. The van der Waals surface area contributed by atoms with Crippen molar-refractivity contribution in [3.63, 3.8) is 0 Å². The number of carboxylic acids is 1. The Morgan fingerprint density at radius 3 is 1.62 bits per heavy atom. The summed E-state index contributed by atoms with van der Waals surface area (Å²) in [6.07, 6.45) is 23.7. The summed E-state index contributed by atoms with van der Waals surface area (Å²) in [6, 6.07) is 2.92. The molecule has 7 nitrogen and oxygen atoms in total. The number of carboxylic acid groups (broad SMARTS) is 1. The maximum absolute atomic E-state index is 12.3. The van der Waals surface area contributed by atoms with Crippen LogP contribution in [-0.2, 0) is 14.9 Å². The van der Waals surface area contributed by atoms with E-state index >= 15 is 0 Å². The zero-order valence-electron chi connectivity index (χ0n) is 25.2. The summed E-state index contributed by atoms with van der Waals surface area (Å²) in [4.78, 5) is 22.7. The SMILES string of the molecule is CCCCC(CCCC)(CCCC)CCCCCCCCCCCOC(=O)c1ccc(C(=O)O)cc1S(=O)(=O)O. The molecule has 0 bridgehead atoms. The maximum atomic E-state index is 12.3.